The van der Waals surface area contributed by atoms with Crippen LogP contribution in [0.4, 0.5) is 0 Å². The number of hydrogen-bond donors (Lipinski definition) is 1. The summed E-state index contributed by atoms with van der Waals surface area (Å²) < 4.78 is 0. The molecule has 3 aliphatic heterocycles. The second-order valence-electron chi connectivity index (χ2n) is 7.49. The van der Waals surface area contributed by atoms with Crippen molar-refractivity contribution in [3.8, 4) is 0 Å². The van der Waals surface area contributed by atoms with Crippen LogP contribution in [0.1, 0.15) is 39.5 Å². The molecule has 0 bridgehead atoms. The largest absolute Gasteiger partial charge is 0.317 e. The van der Waals surface area contributed by atoms with Gasteiger partial charge in [0, 0.05) is 25.7 Å². The molecule has 0 radical (unpaired) electrons. The van der Waals surface area contributed by atoms with E-state index >= 15 is 0 Å². The molecule has 1 N–H and O–H groups in total. The zero-order chi connectivity index (χ0) is 13.3. The third kappa shape index (κ3) is 3.14. The van der Waals surface area contributed by atoms with Gasteiger partial charge in [0.15, 0.2) is 0 Å². The van der Waals surface area contributed by atoms with Gasteiger partial charge in [-0.15, -0.1) is 0 Å². The molecule has 0 aromatic heterocycles. The van der Waals surface area contributed by atoms with Crippen molar-refractivity contribution in [2.24, 2.45) is 11.3 Å². The molecule has 0 saturated carbocycles. The van der Waals surface area contributed by atoms with Crippen molar-refractivity contribution >= 4 is 0 Å². The van der Waals surface area contributed by atoms with Gasteiger partial charge < -0.3 is 15.1 Å². The fraction of sp³-hybridized carbons (Fsp3) is 1.00. The topological polar surface area (TPSA) is 18.5 Å². The van der Waals surface area contributed by atoms with Gasteiger partial charge in [-0.2, -0.15) is 0 Å². The van der Waals surface area contributed by atoms with Crippen molar-refractivity contribution in [2.75, 3.05) is 45.8 Å². The van der Waals surface area contributed by atoms with Gasteiger partial charge >= 0.3 is 0 Å². The Balaban J connectivity index is 1.40. The Morgan fingerprint density at radius 1 is 1.11 bits per heavy atom. The maximum Gasteiger partial charge on any atom is 0.00516 e. The zero-order valence-corrected chi connectivity index (χ0v) is 12.8. The van der Waals surface area contributed by atoms with E-state index in [9.17, 15) is 0 Å². The summed E-state index contributed by atoms with van der Waals surface area (Å²) in [6, 6.07) is 0.739. The molecule has 0 unspecified atom stereocenters. The van der Waals surface area contributed by atoms with E-state index in [0.717, 1.165) is 12.0 Å². The van der Waals surface area contributed by atoms with Crippen molar-refractivity contribution in [2.45, 2.75) is 45.6 Å². The van der Waals surface area contributed by atoms with Crippen molar-refractivity contribution in [1.29, 1.82) is 0 Å². The fourth-order valence-electron chi connectivity index (χ4n) is 4.29. The predicted octanol–water partition coefficient (Wildman–Crippen LogP) is 1.79. The molecule has 3 heterocycles. The number of piperidine rings is 2. The Labute approximate surface area is 118 Å². The summed E-state index contributed by atoms with van der Waals surface area (Å²) in [5.41, 5.74) is 0.707. The van der Waals surface area contributed by atoms with Crippen LogP contribution in [0.5, 0.6) is 0 Å². The van der Waals surface area contributed by atoms with Crippen molar-refractivity contribution in [1.82, 2.24) is 15.1 Å². The third-order valence-electron chi connectivity index (χ3n) is 5.68. The lowest BCUT2D eigenvalue weighted by Crippen LogP contribution is -2.61. The second kappa shape index (κ2) is 5.71. The molecule has 0 aromatic rings. The monoisotopic (exact) mass is 265 g/mol. The molecule has 0 aromatic carbocycles. The highest BCUT2D eigenvalue weighted by Crippen LogP contribution is 2.41. The van der Waals surface area contributed by atoms with Crippen LogP contribution >= 0.6 is 0 Å². The third-order valence-corrected chi connectivity index (χ3v) is 5.68. The molecule has 3 fully saturated rings. The zero-order valence-electron chi connectivity index (χ0n) is 12.8. The van der Waals surface area contributed by atoms with E-state index in [0.29, 0.717) is 5.41 Å². The Bertz CT molecular complexity index is 280. The maximum atomic E-state index is 3.47. The van der Waals surface area contributed by atoms with Gasteiger partial charge in [0.05, 0.1) is 0 Å². The standard InChI is InChI=1S/C16H31N3/c1-14(2)19-9-5-16(6-10-19)12-18(13-16)11-15-3-7-17-8-4-15/h14-15,17H,3-13H2,1-2H3. The highest BCUT2D eigenvalue weighted by Gasteiger charge is 2.45. The van der Waals surface area contributed by atoms with E-state index in [4.69, 9.17) is 0 Å². The average Bonchev–Trinajstić information content (AvgIpc) is 2.39. The first-order chi connectivity index (χ1) is 9.17. The molecule has 3 saturated heterocycles. The van der Waals surface area contributed by atoms with E-state index in [2.05, 4.69) is 29.0 Å². The summed E-state index contributed by atoms with van der Waals surface area (Å²) in [5, 5.41) is 3.47. The van der Waals surface area contributed by atoms with Crippen molar-refractivity contribution in [3.05, 3.63) is 0 Å². The lowest BCUT2D eigenvalue weighted by molar-refractivity contribution is -0.0591. The summed E-state index contributed by atoms with van der Waals surface area (Å²) >= 11 is 0. The smallest absolute Gasteiger partial charge is 0.00516 e. The summed E-state index contributed by atoms with van der Waals surface area (Å²) in [4.78, 5) is 5.39. The van der Waals surface area contributed by atoms with Crippen LogP contribution in [0.3, 0.4) is 0 Å². The molecule has 0 atom stereocenters. The Hall–Kier alpha value is -0.120. The first-order valence-corrected chi connectivity index (χ1v) is 8.34. The molecular formula is C16H31N3. The Morgan fingerprint density at radius 2 is 1.74 bits per heavy atom. The molecule has 3 rings (SSSR count). The molecule has 0 amide bonds. The maximum absolute atomic E-state index is 3.47. The van der Waals surface area contributed by atoms with E-state index in [-0.39, 0.29) is 0 Å². The van der Waals surface area contributed by atoms with Crippen LogP contribution in [0, 0.1) is 11.3 Å². The van der Waals surface area contributed by atoms with E-state index < -0.39 is 0 Å². The summed E-state index contributed by atoms with van der Waals surface area (Å²) in [6.45, 7) is 14.0. The number of hydrogen-bond acceptors (Lipinski definition) is 3. The highest BCUT2D eigenvalue weighted by molar-refractivity contribution is 4.99. The highest BCUT2D eigenvalue weighted by atomic mass is 15.2. The summed E-state index contributed by atoms with van der Waals surface area (Å²) in [7, 11) is 0. The van der Waals surface area contributed by atoms with Crippen molar-refractivity contribution in [3.63, 3.8) is 0 Å². The first-order valence-electron chi connectivity index (χ1n) is 8.34. The molecule has 0 aliphatic carbocycles. The number of rotatable bonds is 3. The van der Waals surface area contributed by atoms with Gasteiger partial charge in [0.2, 0.25) is 0 Å². The minimum atomic E-state index is 0.707. The minimum absolute atomic E-state index is 0.707. The average molecular weight is 265 g/mol. The van der Waals surface area contributed by atoms with Gasteiger partial charge in [-0.05, 0) is 77.0 Å². The second-order valence-corrected chi connectivity index (χ2v) is 7.49. The van der Waals surface area contributed by atoms with E-state index in [1.807, 2.05) is 0 Å². The normalized spacial score (nSPS) is 29.8. The Kier molecular flexibility index (Phi) is 4.16. The number of nitrogens with one attached hydrogen (secondary N) is 1. The van der Waals surface area contributed by atoms with Gasteiger partial charge in [-0.25, -0.2) is 0 Å². The molecular weight excluding hydrogens is 234 g/mol. The predicted molar refractivity (Wildman–Crippen MR) is 80.4 cm³/mol. The van der Waals surface area contributed by atoms with Crippen LogP contribution in [-0.4, -0.2) is 61.7 Å². The first kappa shape index (κ1) is 13.8. The molecule has 110 valence electrons. The Morgan fingerprint density at radius 3 is 2.32 bits per heavy atom. The van der Waals surface area contributed by atoms with Crippen molar-refractivity contribution < 1.29 is 0 Å². The van der Waals surface area contributed by atoms with E-state index in [1.54, 1.807) is 0 Å². The van der Waals surface area contributed by atoms with Crippen LogP contribution in [0.25, 0.3) is 0 Å². The molecule has 1 spiro atoms. The minimum Gasteiger partial charge on any atom is -0.317 e. The summed E-state index contributed by atoms with van der Waals surface area (Å²) in [6.07, 6.45) is 5.66. The van der Waals surface area contributed by atoms with Gasteiger partial charge in [-0.3, -0.25) is 0 Å². The lowest BCUT2D eigenvalue weighted by atomic mass is 9.71. The summed E-state index contributed by atoms with van der Waals surface area (Å²) in [5.74, 6) is 0.967. The SMILES string of the molecule is CC(C)N1CCC2(CC1)CN(CC1CCNCC1)C2. The van der Waals surface area contributed by atoms with Crippen LogP contribution in [0.2, 0.25) is 0 Å². The number of nitrogens with zero attached hydrogens (tertiary/aromatic N) is 2. The van der Waals surface area contributed by atoms with Crippen LogP contribution in [0.15, 0.2) is 0 Å². The molecule has 19 heavy (non-hydrogen) atoms. The van der Waals surface area contributed by atoms with Crippen LogP contribution in [-0.2, 0) is 0 Å². The van der Waals surface area contributed by atoms with Crippen LogP contribution < -0.4 is 5.32 Å². The molecule has 3 heteroatoms. The van der Waals surface area contributed by atoms with E-state index in [1.165, 1.54) is 71.5 Å². The van der Waals surface area contributed by atoms with Gasteiger partial charge in [-0.1, -0.05) is 0 Å². The quantitative estimate of drug-likeness (QED) is 0.839. The number of likely N-dealkylation sites (tertiary alicyclic amines) is 2. The van der Waals surface area contributed by atoms with Gasteiger partial charge in [0.25, 0.3) is 0 Å². The molecule has 3 aliphatic rings. The molecule has 3 nitrogen and oxygen atoms in total. The van der Waals surface area contributed by atoms with Gasteiger partial charge in [0.1, 0.15) is 0 Å². The lowest BCUT2D eigenvalue weighted by Gasteiger charge is -2.55. The fourth-order valence-corrected chi connectivity index (χ4v) is 4.29.